The third-order valence-electron chi connectivity index (χ3n) is 3.12. The molecule has 0 aromatic heterocycles. The molecule has 0 saturated carbocycles. The number of rotatable bonds is 9. The van der Waals surface area contributed by atoms with Gasteiger partial charge in [0.25, 0.3) is 0 Å². The normalized spacial score (nSPS) is 24.4. The second-order valence-electron chi connectivity index (χ2n) is 4.77. The number of amides is 2. The largest absolute Gasteiger partial charge is 0.354 e. The molecule has 2 rings (SSSR count). The van der Waals surface area contributed by atoms with Gasteiger partial charge < -0.3 is 10.6 Å². The van der Waals surface area contributed by atoms with Gasteiger partial charge in [-0.25, -0.2) is 0 Å². The van der Waals surface area contributed by atoms with Gasteiger partial charge >= 0.3 is 0 Å². The minimum Gasteiger partial charge on any atom is -0.354 e. The summed E-state index contributed by atoms with van der Waals surface area (Å²) in [6, 6.07) is -0.0551. The lowest BCUT2D eigenvalue weighted by Crippen LogP contribution is -2.42. The number of nitrogens with one attached hydrogen (secondary N) is 4. The smallest absolute Gasteiger partial charge is 0.238 e. The highest BCUT2D eigenvalue weighted by Gasteiger charge is 2.22. The Kier molecular flexibility index (Phi) is 9.24. The Labute approximate surface area is 147 Å². The maximum absolute atomic E-state index is 11.7. The summed E-state index contributed by atoms with van der Waals surface area (Å²) in [6.45, 7) is 1.38. The zero-order valence-corrected chi connectivity index (χ0v) is 15.5. The molecule has 10 heteroatoms. The van der Waals surface area contributed by atoms with Crippen LogP contribution in [0.25, 0.3) is 0 Å². The van der Waals surface area contributed by atoms with Crippen LogP contribution in [-0.4, -0.2) is 71.8 Å². The predicted octanol–water partition coefficient (Wildman–Crippen LogP) is -0.0748. The standard InChI is InChI=1S/C12H22N4O2S4/c17-11(9-5-19-7-15-9)13-1-3-21-22-4-2-14-12(18)10-6-20-8-16-10/h9-10,15-16H,1-8H2,(H,13,17)(H,14,18)/t9-,10-/m0/s1. The first-order valence-electron chi connectivity index (χ1n) is 7.19. The fraction of sp³-hybridized carbons (Fsp3) is 0.833. The van der Waals surface area contributed by atoms with Crippen LogP contribution in [0.15, 0.2) is 0 Å². The van der Waals surface area contributed by atoms with Crippen LogP contribution in [0.4, 0.5) is 0 Å². The van der Waals surface area contributed by atoms with Crippen LogP contribution in [0.3, 0.4) is 0 Å². The molecular formula is C12H22N4O2S4. The minimum absolute atomic E-state index is 0.0276. The van der Waals surface area contributed by atoms with Crippen molar-refractivity contribution in [3.05, 3.63) is 0 Å². The van der Waals surface area contributed by atoms with Gasteiger partial charge in [0.2, 0.25) is 11.8 Å². The van der Waals surface area contributed by atoms with Crippen molar-refractivity contribution in [2.24, 2.45) is 0 Å². The number of carbonyl (C=O) groups excluding carboxylic acids is 2. The average Bonchev–Trinajstić information content (AvgIpc) is 3.22. The Morgan fingerprint density at radius 2 is 1.36 bits per heavy atom. The summed E-state index contributed by atoms with van der Waals surface area (Å²) in [5.74, 6) is 5.42. The summed E-state index contributed by atoms with van der Waals surface area (Å²) in [5, 5.41) is 12.2. The lowest BCUT2D eigenvalue weighted by Gasteiger charge is -2.11. The van der Waals surface area contributed by atoms with Gasteiger partial charge in [-0.1, -0.05) is 21.6 Å². The molecule has 2 aliphatic rings. The van der Waals surface area contributed by atoms with E-state index in [0.717, 1.165) is 34.8 Å². The number of hydrogen-bond acceptors (Lipinski definition) is 8. The Balaban J connectivity index is 1.38. The molecule has 2 heterocycles. The van der Waals surface area contributed by atoms with Crippen molar-refractivity contribution in [2.75, 3.05) is 47.9 Å². The lowest BCUT2D eigenvalue weighted by atomic mass is 10.3. The SMILES string of the molecule is O=C(NCCSSCCNC(=O)[C@@H]1CSCN1)[C@@H]1CSCN1. The van der Waals surface area contributed by atoms with Crippen molar-refractivity contribution < 1.29 is 9.59 Å². The Morgan fingerprint density at radius 1 is 0.909 bits per heavy atom. The fourth-order valence-corrected chi connectivity index (χ4v) is 5.62. The molecule has 0 aromatic carbocycles. The van der Waals surface area contributed by atoms with Gasteiger partial charge in [0, 0.05) is 47.9 Å². The van der Waals surface area contributed by atoms with Crippen LogP contribution in [0, 0.1) is 0 Å². The van der Waals surface area contributed by atoms with Gasteiger partial charge in [0.15, 0.2) is 0 Å². The summed E-state index contributed by atoms with van der Waals surface area (Å²) in [6.07, 6.45) is 0. The first kappa shape index (κ1) is 18.6. The topological polar surface area (TPSA) is 82.3 Å². The molecule has 2 aliphatic heterocycles. The van der Waals surface area contributed by atoms with E-state index < -0.39 is 0 Å². The first-order valence-corrected chi connectivity index (χ1v) is 12.0. The van der Waals surface area contributed by atoms with E-state index in [2.05, 4.69) is 21.3 Å². The molecule has 126 valence electrons. The third-order valence-corrected chi connectivity index (χ3v) is 7.41. The van der Waals surface area contributed by atoms with Crippen LogP contribution < -0.4 is 21.3 Å². The highest BCUT2D eigenvalue weighted by Crippen LogP contribution is 2.19. The second kappa shape index (κ2) is 10.9. The Bertz CT molecular complexity index is 329. The zero-order valence-electron chi connectivity index (χ0n) is 12.3. The third kappa shape index (κ3) is 6.79. The van der Waals surface area contributed by atoms with E-state index in [1.54, 1.807) is 45.1 Å². The van der Waals surface area contributed by atoms with Gasteiger partial charge in [-0.2, -0.15) is 0 Å². The molecule has 2 fully saturated rings. The van der Waals surface area contributed by atoms with Gasteiger partial charge in [0.05, 0.1) is 12.1 Å². The van der Waals surface area contributed by atoms with E-state index >= 15 is 0 Å². The van der Waals surface area contributed by atoms with Crippen LogP contribution >= 0.6 is 45.1 Å². The molecule has 0 bridgehead atoms. The molecule has 0 aliphatic carbocycles. The average molecular weight is 383 g/mol. The van der Waals surface area contributed by atoms with Crippen molar-refractivity contribution in [1.29, 1.82) is 0 Å². The number of hydrogen-bond donors (Lipinski definition) is 4. The van der Waals surface area contributed by atoms with E-state index in [1.165, 1.54) is 0 Å². The van der Waals surface area contributed by atoms with Crippen molar-refractivity contribution in [2.45, 2.75) is 12.1 Å². The summed E-state index contributed by atoms with van der Waals surface area (Å²) in [7, 11) is 3.45. The van der Waals surface area contributed by atoms with Crippen LogP contribution in [0.5, 0.6) is 0 Å². The molecule has 22 heavy (non-hydrogen) atoms. The molecule has 6 nitrogen and oxygen atoms in total. The van der Waals surface area contributed by atoms with E-state index in [9.17, 15) is 9.59 Å². The van der Waals surface area contributed by atoms with Gasteiger partial charge in [-0.15, -0.1) is 23.5 Å². The second-order valence-corrected chi connectivity index (χ2v) is 9.53. The molecule has 0 radical (unpaired) electrons. The molecule has 2 atom stereocenters. The minimum atomic E-state index is -0.0276. The van der Waals surface area contributed by atoms with E-state index in [1.807, 2.05) is 0 Å². The van der Waals surface area contributed by atoms with Crippen LogP contribution in [-0.2, 0) is 9.59 Å². The quantitative estimate of drug-likeness (QED) is 0.326. The number of carbonyl (C=O) groups is 2. The molecule has 0 unspecified atom stereocenters. The Hall–Kier alpha value is 0.260. The fourth-order valence-electron chi connectivity index (χ4n) is 1.92. The van der Waals surface area contributed by atoms with Crippen LogP contribution in [0.2, 0.25) is 0 Å². The highest BCUT2D eigenvalue weighted by molar-refractivity contribution is 8.76. The van der Waals surface area contributed by atoms with Crippen molar-refractivity contribution >= 4 is 56.9 Å². The molecule has 4 N–H and O–H groups in total. The number of thioether (sulfide) groups is 2. The van der Waals surface area contributed by atoms with Gasteiger partial charge in [-0.05, 0) is 0 Å². The molecule has 2 amide bonds. The Morgan fingerprint density at radius 3 is 1.73 bits per heavy atom. The van der Waals surface area contributed by atoms with E-state index in [-0.39, 0.29) is 23.9 Å². The van der Waals surface area contributed by atoms with E-state index in [0.29, 0.717) is 13.1 Å². The molecular weight excluding hydrogens is 360 g/mol. The van der Waals surface area contributed by atoms with Gasteiger partial charge in [-0.3, -0.25) is 20.2 Å². The maximum atomic E-state index is 11.7. The predicted molar refractivity (Wildman–Crippen MR) is 99.4 cm³/mol. The monoisotopic (exact) mass is 382 g/mol. The zero-order chi connectivity index (χ0) is 15.6. The van der Waals surface area contributed by atoms with Gasteiger partial charge in [0.1, 0.15) is 0 Å². The molecule has 2 saturated heterocycles. The highest BCUT2D eigenvalue weighted by atomic mass is 33.1. The summed E-state index contributed by atoms with van der Waals surface area (Å²) >= 11 is 3.51. The maximum Gasteiger partial charge on any atom is 0.238 e. The summed E-state index contributed by atoms with van der Waals surface area (Å²) in [5.41, 5.74) is 0. The molecule has 0 aromatic rings. The summed E-state index contributed by atoms with van der Waals surface area (Å²) < 4.78 is 0. The van der Waals surface area contributed by atoms with Crippen LogP contribution in [0.1, 0.15) is 0 Å². The summed E-state index contributed by atoms with van der Waals surface area (Å²) in [4.78, 5) is 23.4. The van der Waals surface area contributed by atoms with E-state index in [4.69, 9.17) is 0 Å². The van der Waals surface area contributed by atoms with Crippen molar-refractivity contribution in [1.82, 2.24) is 21.3 Å². The molecule has 0 spiro atoms. The lowest BCUT2D eigenvalue weighted by molar-refractivity contribution is -0.123. The first-order chi connectivity index (χ1) is 10.8. The van der Waals surface area contributed by atoms with Crippen molar-refractivity contribution in [3.63, 3.8) is 0 Å². The van der Waals surface area contributed by atoms with Crippen molar-refractivity contribution in [3.8, 4) is 0 Å².